The highest BCUT2D eigenvalue weighted by Crippen LogP contribution is 2.31. The molecule has 0 spiro atoms. The summed E-state index contributed by atoms with van der Waals surface area (Å²) in [5.74, 6) is -0.351. The quantitative estimate of drug-likeness (QED) is 0.770. The van der Waals surface area contributed by atoms with Gasteiger partial charge in [-0.3, -0.25) is 4.79 Å². The van der Waals surface area contributed by atoms with Crippen LogP contribution in [-0.4, -0.2) is 55.7 Å². The molecule has 0 atom stereocenters. The van der Waals surface area contributed by atoms with Gasteiger partial charge in [0.05, 0.1) is 42.8 Å². The molecular weight excluding hydrogens is 377 g/mol. The fourth-order valence-corrected chi connectivity index (χ4v) is 3.01. The van der Waals surface area contributed by atoms with Crippen molar-refractivity contribution in [2.45, 2.75) is 6.92 Å². The van der Waals surface area contributed by atoms with Crippen molar-refractivity contribution in [1.82, 2.24) is 9.88 Å². The van der Waals surface area contributed by atoms with Crippen molar-refractivity contribution in [2.75, 3.05) is 50.6 Å². The van der Waals surface area contributed by atoms with E-state index in [9.17, 15) is 14.4 Å². The van der Waals surface area contributed by atoms with Gasteiger partial charge in [0.15, 0.2) is 0 Å². The highest BCUT2D eigenvalue weighted by Gasteiger charge is 2.23. The number of hydrogen-bond donors (Lipinski definition) is 2. The standard InChI is InChI=1S/C20H22FN5O3/c1-3-23-16-10-19(24-12-13(16)11-22)25-17-9-15(21)14(8-18(17)28-2)20(27)26-4-6-29-7-5-26/h8-10,12H,3-7H2,1-2H3,(H2,23,24,25). The Hall–Kier alpha value is -3.38. The lowest BCUT2D eigenvalue weighted by atomic mass is 10.1. The normalized spacial score (nSPS) is 13.5. The molecule has 1 aromatic carbocycles. The van der Waals surface area contributed by atoms with Gasteiger partial charge in [0, 0.05) is 38.0 Å². The topological polar surface area (TPSA) is 99.5 Å². The number of carbonyl (C=O) groups is 1. The largest absolute Gasteiger partial charge is 0.495 e. The zero-order valence-electron chi connectivity index (χ0n) is 16.3. The second-order valence-electron chi connectivity index (χ2n) is 6.32. The minimum atomic E-state index is -0.662. The number of rotatable bonds is 6. The first-order valence-electron chi connectivity index (χ1n) is 9.23. The molecule has 0 bridgehead atoms. The monoisotopic (exact) mass is 399 g/mol. The minimum absolute atomic E-state index is 0.0598. The van der Waals surface area contributed by atoms with Gasteiger partial charge in [-0.05, 0) is 13.0 Å². The Morgan fingerprint density at radius 3 is 2.76 bits per heavy atom. The van der Waals surface area contributed by atoms with E-state index in [0.29, 0.717) is 61.4 Å². The smallest absolute Gasteiger partial charge is 0.257 e. The summed E-state index contributed by atoms with van der Waals surface area (Å²) in [6, 6.07) is 6.31. The van der Waals surface area contributed by atoms with E-state index in [2.05, 4.69) is 21.7 Å². The van der Waals surface area contributed by atoms with Gasteiger partial charge in [-0.15, -0.1) is 0 Å². The van der Waals surface area contributed by atoms with E-state index < -0.39 is 11.7 Å². The summed E-state index contributed by atoms with van der Waals surface area (Å²) in [4.78, 5) is 18.4. The molecule has 2 N–H and O–H groups in total. The number of pyridine rings is 1. The third kappa shape index (κ3) is 4.55. The first kappa shape index (κ1) is 20.4. The van der Waals surface area contributed by atoms with Gasteiger partial charge < -0.3 is 25.0 Å². The number of nitriles is 1. The van der Waals surface area contributed by atoms with E-state index in [-0.39, 0.29) is 5.56 Å². The van der Waals surface area contributed by atoms with Crippen LogP contribution in [0.5, 0.6) is 5.75 Å². The Morgan fingerprint density at radius 1 is 1.34 bits per heavy atom. The molecule has 8 nitrogen and oxygen atoms in total. The molecule has 152 valence electrons. The molecule has 1 amide bonds. The molecule has 2 aromatic rings. The number of carbonyl (C=O) groups excluding carboxylic acids is 1. The van der Waals surface area contributed by atoms with Crippen molar-refractivity contribution in [1.29, 1.82) is 5.26 Å². The molecule has 2 heterocycles. The van der Waals surface area contributed by atoms with Gasteiger partial charge in [0.1, 0.15) is 23.5 Å². The van der Waals surface area contributed by atoms with Crippen LogP contribution >= 0.6 is 0 Å². The summed E-state index contributed by atoms with van der Waals surface area (Å²) in [5, 5.41) is 15.2. The van der Waals surface area contributed by atoms with E-state index in [1.165, 1.54) is 25.4 Å². The summed E-state index contributed by atoms with van der Waals surface area (Å²) in [6.45, 7) is 4.25. The zero-order chi connectivity index (χ0) is 20.8. The molecule has 1 aromatic heterocycles. The zero-order valence-corrected chi connectivity index (χ0v) is 16.3. The Morgan fingerprint density at radius 2 is 2.10 bits per heavy atom. The summed E-state index contributed by atoms with van der Waals surface area (Å²) < 4.78 is 25.3. The number of nitrogens with one attached hydrogen (secondary N) is 2. The molecule has 0 radical (unpaired) electrons. The van der Waals surface area contributed by atoms with Gasteiger partial charge in [-0.1, -0.05) is 0 Å². The highest BCUT2D eigenvalue weighted by atomic mass is 19.1. The predicted octanol–water partition coefficient (Wildman–Crippen LogP) is 2.75. The second-order valence-corrected chi connectivity index (χ2v) is 6.32. The first-order valence-corrected chi connectivity index (χ1v) is 9.23. The van der Waals surface area contributed by atoms with Crippen molar-refractivity contribution >= 4 is 23.1 Å². The van der Waals surface area contributed by atoms with E-state index in [1.807, 2.05) is 6.92 Å². The van der Waals surface area contributed by atoms with Crippen LogP contribution in [0, 0.1) is 17.1 Å². The lowest BCUT2D eigenvalue weighted by Gasteiger charge is -2.27. The van der Waals surface area contributed by atoms with Crippen LogP contribution < -0.4 is 15.4 Å². The van der Waals surface area contributed by atoms with Crippen molar-refractivity contribution in [3.8, 4) is 11.8 Å². The summed E-state index contributed by atoms with van der Waals surface area (Å²) in [5.41, 5.74) is 1.28. The Labute approximate surface area is 168 Å². The Bertz CT molecular complexity index is 938. The lowest BCUT2D eigenvalue weighted by molar-refractivity contribution is 0.0299. The van der Waals surface area contributed by atoms with Gasteiger partial charge in [0.25, 0.3) is 5.91 Å². The van der Waals surface area contributed by atoms with Crippen molar-refractivity contribution in [2.24, 2.45) is 0 Å². The number of hydrogen-bond acceptors (Lipinski definition) is 7. The SMILES string of the molecule is CCNc1cc(Nc2cc(F)c(C(=O)N3CCOCC3)cc2OC)ncc1C#N. The maximum absolute atomic E-state index is 14.7. The van der Waals surface area contributed by atoms with Crippen LogP contribution in [0.15, 0.2) is 24.4 Å². The van der Waals surface area contributed by atoms with Crippen LogP contribution in [0.4, 0.5) is 21.6 Å². The van der Waals surface area contributed by atoms with Crippen LogP contribution in [-0.2, 0) is 4.74 Å². The lowest BCUT2D eigenvalue weighted by Crippen LogP contribution is -2.41. The number of anilines is 3. The highest BCUT2D eigenvalue weighted by molar-refractivity contribution is 5.96. The fourth-order valence-electron chi connectivity index (χ4n) is 3.01. The number of aromatic nitrogens is 1. The third-order valence-corrected chi connectivity index (χ3v) is 4.47. The average molecular weight is 399 g/mol. The van der Waals surface area contributed by atoms with Gasteiger partial charge in [-0.25, -0.2) is 9.37 Å². The van der Waals surface area contributed by atoms with Crippen molar-refractivity contribution in [3.63, 3.8) is 0 Å². The van der Waals surface area contributed by atoms with Gasteiger partial charge >= 0.3 is 0 Å². The second kappa shape index (κ2) is 9.21. The summed E-state index contributed by atoms with van der Waals surface area (Å²) in [6.07, 6.45) is 1.43. The maximum Gasteiger partial charge on any atom is 0.257 e. The van der Waals surface area contributed by atoms with Crippen LogP contribution in [0.2, 0.25) is 0 Å². The van der Waals surface area contributed by atoms with Crippen LogP contribution in [0.3, 0.4) is 0 Å². The van der Waals surface area contributed by atoms with Gasteiger partial charge in [-0.2, -0.15) is 5.26 Å². The van der Waals surface area contributed by atoms with E-state index in [1.54, 1.807) is 11.0 Å². The fraction of sp³-hybridized carbons (Fsp3) is 0.350. The van der Waals surface area contributed by atoms with Crippen molar-refractivity contribution in [3.05, 3.63) is 41.3 Å². The first-order chi connectivity index (χ1) is 14.1. The van der Waals surface area contributed by atoms with E-state index in [4.69, 9.17) is 9.47 Å². The van der Waals surface area contributed by atoms with Crippen LogP contribution in [0.1, 0.15) is 22.8 Å². The number of methoxy groups -OCH3 is 1. The summed E-state index contributed by atoms with van der Waals surface area (Å²) in [7, 11) is 1.44. The van der Waals surface area contributed by atoms with E-state index >= 15 is 0 Å². The summed E-state index contributed by atoms with van der Waals surface area (Å²) >= 11 is 0. The molecule has 3 rings (SSSR count). The van der Waals surface area contributed by atoms with Crippen molar-refractivity contribution < 1.29 is 18.7 Å². The maximum atomic E-state index is 14.7. The predicted molar refractivity (Wildman–Crippen MR) is 106 cm³/mol. The molecule has 1 fully saturated rings. The number of morpholine rings is 1. The average Bonchev–Trinajstić information content (AvgIpc) is 2.74. The molecule has 0 unspecified atom stereocenters. The molecule has 1 aliphatic rings. The Balaban J connectivity index is 1.89. The number of amides is 1. The molecular formula is C20H22FN5O3. The number of ether oxygens (including phenoxy) is 2. The van der Waals surface area contributed by atoms with Crippen LogP contribution in [0.25, 0.3) is 0 Å². The molecule has 29 heavy (non-hydrogen) atoms. The number of benzene rings is 1. The Kier molecular flexibility index (Phi) is 6.46. The molecule has 1 saturated heterocycles. The number of nitrogens with zero attached hydrogens (tertiary/aromatic N) is 3. The molecule has 0 aliphatic carbocycles. The number of halogens is 1. The third-order valence-electron chi connectivity index (χ3n) is 4.47. The molecule has 0 saturated carbocycles. The molecule has 9 heteroatoms. The molecule has 1 aliphatic heterocycles. The minimum Gasteiger partial charge on any atom is -0.495 e. The van der Waals surface area contributed by atoms with E-state index in [0.717, 1.165) is 0 Å². The van der Waals surface area contributed by atoms with Gasteiger partial charge in [0.2, 0.25) is 0 Å².